The predicted molar refractivity (Wildman–Crippen MR) is 60.8 cm³/mol. The van der Waals surface area contributed by atoms with Gasteiger partial charge in [0.2, 0.25) is 0 Å². The zero-order valence-electron chi connectivity index (χ0n) is 9.41. The van der Waals surface area contributed by atoms with Gasteiger partial charge in [0, 0.05) is 31.6 Å². The van der Waals surface area contributed by atoms with Crippen LogP contribution < -0.4 is 5.73 Å². The van der Waals surface area contributed by atoms with Crippen molar-refractivity contribution in [3.05, 3.63) is 23.5 Å². The largest absolute Gasteiger partial charge is 0.380 e. The summed E-state index contributed by atoms with van der Waals surface area (Å²) < 4.78 is 7.56. The normalized spacial score (nSPS) is 20.3. The average molecular weight is 208 g/mol. The molecule has 2 N–H and O–H groups in total. The molecule has 0 spiro atoms. The number of fused-ring (bicyclic) bond motifs is 1. The smallest absolute Gasteiger partial charge is 0.0645 e. The van der Waals surface area contributed by atoms with Crippen molar-refractivity contribution >= 4 is 0 Å². The monoisotopic (exact) mass is 208 g/mol. The second-order valence-corrected chi connectivity index (χ2v) is 4.17. The number of hydrogen-bond acceptors (Lipinski definition) is 2. The molecule has 0 fully saturated rings. The molecule has 1 aromatic heterocycles. The second kappa shape index (κ2) is 4.81. The van der Waals surface area contributed by atoms with E-state index in [1.165, 1.54) is 24.0 Å². The van der Waals surface area contributed by atoms with Gasteiger partial charge < -0.3 is 15.0 Å². The molecule has 0 bridgehead atoms. The molecular weight excluding hydrogens is 188 g/mol. The molecule has 0 saturated carbocycles. The van der Waals surface area contributed by atoms with E-state index >= 15 is 0 Å². The van der Waals surface area contributed by atoms with E-state index in [2.05, 4.69) is 17.0 Å². The first-order valence-electron chi connectivity index (χ1n) is 5.83. The first kappa shape index (κ1) is 10.7. The van der Waals surface area contributed by atoms with Crippen LogP contribution in [-0.2, 0) is 17.7 Å². The molecule has 1 atom stereocenters. The number of nitrogens with zero attached hydrogens (tertiary/aromatic N) is 1. The van der Waals surface area contributed by atoms with Crippen LogP contribution in [0, 0.1) is 0 Å². The first-order chi connectivity index (χ1) is 7.31. The Balaban J connectivity index is 2.01. The third-order valence-electron chi connectivity index (χ3n) is 3.06. The minimum Gasteiger partial charge on any atom is -0.380 e. The molecule has 0 radical (unpaired) electrons. The van der Waals surface area contributed by atoms with E-state index in [0.29, 0.717) is 0 Å². The van der Waals surface area contributed by atoms with Gasteiger partial charge in [-0.3, -0.25) is 0 Å². The molecule has 84 valence electrons. The standard InChI is InChI=1S/C12H20N2O/c1-2-15-7-6-14-8-10-4-3-5-12(13)11(10)9-14/h8-9,12H,2-7,13H2,1H3. The van der Waals surface area contributed by atoms with E-state index in [1.54, 1.807) is 0 Å². The zero-order chi connectivity index (χ0) is 10.7. The van der Waals surface area contributed by atoms with Gasteiger partial charge in [-0.25, -0.2) is 0 Å². The van der Waals surface area contributed by atoms with Gasteiger partial charge in [0.25, 0.3) is 0 Å². The molecule has 0 aromatic carbocycles. The van der Waals surface area contributed by atoms with E-state index < -0.39 is 0 Å². The maximum atomic E-state index is 6.07. The molecule has 1 unspecified atom stereocenters. The number of ether oxygens (including phenoxy) is 1. The van der Waals surface area contributed by atoms with Gasteiger partial charge in [-0.05, 0) is 37.3 Å². The molecule has 1 aromatic rings. The highest BCUT2D eigenvalue weighted by Crippen LogP contribution is 2.28. The summed E-state index contributed by atoms with van der Waals surface area (Å²) in [5, 5.41) is 0. The Labute approximate surface area is 91.2 Å². The highest BCUT2D eigenvalue weighted by Gasteiger charge is 2.18. The van der Waals surface area contributed by atoms with Gasteiger partial charge in [-0.2, -0.15) is 0 Å². The molecule has 2 rings (SSSR count). The summed E-state index contributed by atoms with van der Waals surface area (Å²) in [4.78, 5) is 0. The maximum absolute atomic E-state index is 6.07. The number of nitrogens with two attached hydrogens (primary N) is 1. The van der Waals surface area contributed by atoms with Crippen LogP contribution in [-0.4, -0.2) is 17.8 Å². The van der Waals surface area contributed by atoms with Crippen LogP contribution in [0.2, 0.25) is 0 Å². The van der Waals surface area contributed by atoms with Crippen LogP contribution in [0.1, 0.15) is 36.9 Å². The van der Waals surface area contributed by atoms with Crippen molar-refractivity contribution in [3.8, 4) is 0 Å². The van der Waals surface area contributed by atoms with Gasteiger partial charge in [-0.15, -0.1) is 0 Å². The molecular formula is C12H20N2O. The van der Waals surface area contributed by atoms with Crippen molar-refractivity contribution in [2.45, 2.75) is 38.8 Å². The zero-order valence-corrected chi connectivity index (χ0v) is 9.41. The Morgan fingerprint density at radius 2 is 2.40 bits per heavy atom. The van der Waals surface area contributed by atoms with Gasteiger partial charge in [0.1, 0.15) is 0 Å². The predicted octanol–water partition coefficient (Wildman–Crippen LogP) is 1.86. The summed E-state index contributed by atoms with van der Waals surface area (Å²) in [7, 11) is 0. The van der Waals surface area contributed by atoms with E-state index in [0.717, 1.165) is 26.2 Å². The van der Waals surface area contributed by atoms with Crippen LogP contribution in [0.3, 0.4) is 0 Å². The molecule has 15 heavy (non-hydrogen) atoms. The molecule has 0 aliphatic heterocycles. The highest BCUT2D eigenvalue weighted by molar-refractivity contribution is 5.29. The van der Waals surface area contributed by atoms with Crippen LogP contribution >= 0.6 is 0 Å². The SMILES string of the molecule is CCOCCn1cc2c(c1)C(N)CCC2. The number of aromatic nitrogens is 1. The Morgan fingerprint density at radius 3 is 3.13 bits per heavy atom. The van der Waals surface area contributed by atoms with Gasteiger partial charge in [0.05, 0.1) is 6.61 Å². The molecule has 3 nitrogen and oxygen atoms in total. The van der Waals surface area contributed by atoms with Crippen molar-refractivity contribution in [2.75, 3.05) is 13.2 Å². The Kier molecular flexibility index (Phi) is 3.44. The topological polar surface area (TPSA) is 40.2 Å². The fraction of sp³-hybridized carbons (Fsp3) is 0.667. The number of aryl methyl sites for hydroxylation is 1. The molecule has 1 aliphatic carbocycles. The van der Waals surface area contributed by atoms with Crippen molar-refractivity contribution in [3.63, 3.8) is 0 Å². The fourth-order valence-corrected chi connectivity index (χ4v) is 2.23. The number of rotatable bonds is 4. The molecule has 1 aliphatic rings. The van der Waals surface area contributed by atoms with Crippen molar-refractivity contribution < 1.29 is 4.74 Å². The second-order valence-electron chi connectivity index (χ2n) is 4.17. The Morgan fingerprint density at radius 1 is 1.53 bits per heavy atom. The maximum Gasteiger partial charge on any atom is 0.0645 e. The summed E-state index contributed by atoms with van der Waals surface area (Å²) in [6.07, 6.45) is 7.96. The Hall–Kier alpha value is -0.800. The van der Waals surface area contributed by atoms with E-state index in [4.69, 9.17) is 10.5 Å². The van der Waals surface area contributed by atoms with Gasteiger partial charge >= 0.3 is 0 Å². The molecule has 1 heterocycles. The quantitative estimate of drug-likeness (QED) is 0.767. The first-order valence-corrected chi connectivity index (χ1v) is 5.83. The lowest BCUT2D eigenvalue weighted by atomic mass is 9.92. The fourth-order valence-electron chi connectivity index (χ4n) is 2.23. The average Bonchev–Trinajstić information content (AvgIpc) is 2.63. The summed E-state index contributed by atoms with van der Waals surface area (Å²) >= 11 is 0. The van der Waals surface area contributed by atoms with Crippen LogP contribution in [0.5, 0.6) is 0 Å². The minimum atomic E-state index is 0.252. The lowest BCUT2D eigenvalue weighted by molar-refractivity contribution is 0.139. The van der Waals surface area contributed by atoms with Gasteiger partial charge in [-0.1, -0.05) is 0 Å². The summed E-state index contributed by atoms with van der Waals surface area (Å²) in [5.74, 6) is 0. The minimum absolute atomic E-state index is 0.252. The van der Waals surface area contributed by atoms with Crippen molar-refractivity contribution in [1.82, 2.24) is 4.57 Å². The van der Waals surface area contributed by atoms with Crippen molar-refractivity contribution in [2.24, 2.45) is 5.73 Å². The van der Waals surface area contributed by atoms with Gasteiger partial charge in [0.15, 0.2) is 0 Å². The third-order valence-corrected chi connectivity index (χ3v) is 3.06. The van der Waals surface area contributed by atoms with Crippen LogP contribution in [0.25, 0.3) is 0 Å². The van der Waals surface area contributed by atoms with Crippen LogP contribution in [0.4, 0.5) is 0 Å². The van der Waals surface area contributed by atoms with E-state index in [9.17, 15) is 0 Å². The third kappa shape index (κ3) is 2.41. The summed E-state index contributed by atoms with van der Waals surface area (Å²) in [5.41, 5.74) is 8.85. The van der Waals surface area contributed by atoms with E-state index in [-0.39, 0.29) is 6.04 Å². The lowest BCUT2D eigenvalue weighted by Gasteiger charge is -2.17. The molecule has 0 saturated heterocycles. The lowest BCUT2D eigenvalue weighted by Crippen LogP contribution is -2.15. The molecule has 3 heteroatoms. The van der Waals surface area contributed by atoms with E-state index in [1.807, 2.05) is 6.92 Å². The molecule has 0 amide bonds. The summed E-state index contributed by atoms with van der Waals surface area (Å²) in [6, 6.07) is 0.252. The number of hydrogen-bond donors (Lipinski definition) is 1. The highest BCUT2D eigenvalue weighted by atomic mass is 16.5. The van der Waals surface area contributed by atoms with Crippen LogP contribution in [0.15, 0.2) is 12.4 Å². The Bertz CT molecular complexity index is 319. The van der Waals surface area contributed by atoms with Crippen molar-refractivity contribution in [1.29, 1.82) is 0 Å². The summed E-state index contributed by atoms with van der Waals surface area (Å²) in [6.45, 7) is 4.55.